The molecule has 0 amide bonds. The second kappa shape index (κ2) is 3.85. The molecule has 6 heteroatoms. The molecule has 3 rings (SSSR count). The smallest absolute Gasteiger partial charge is 0.416 e. The third-order valence-corrected chi connectivity index (χ3v) is 3.42. The molecule has 0 aliphatic carbocycles. The second-order valence-electron chi connectivity index (χ2n) is 4.64. The van der Waals surface area contributed by atoms with Crippen LogP contribution in [0.2, 0.25) is 0 Å². The summed E-state index contributed by atoms with van der Waals surface area (Å²) in [5.41, 5.74) is -0.780. The Morgan fingerprint density at radius 2 is 2.06 bits per heavy atom. The minimum atomic E-state index is -4.56. The van der Waals surface area contributed by atoms with Crippen LogP contribution < -0.4 is 10.1 Å². The van der Waals surface area contributed by atoms with Crippen molar-refractivity contribution >= 4 is 0 Å². The first-order chi connectivity index (χ1) is 8.45. The van der Waals surface area contributed by atoms with Crippen molar-refractivity contribution in [2.45, 2.75) is 31.2 Å². The Hall–Kier alpha value is -1.30. The minimum Gasteiger partial charge on any atom is -0.490 e. The van der Waals surface area contributed by atoms with E-state index in [1.807, 2.05) is 0 Å². The van der Waals surface area contributed by atoms with Crippen molar-refractivity contribution in [3.63, 3.8) is 0 Å². The maximum absolute atomic E-state index is 13.8. The summed E-state index contributed by atoms with van der Waals surface area (Å²) in [6, 6.07) is 1.19. The summed E-state index contributed by atoms with van der Waals surface area (Å²) in [7, 11) is 0. The van der Waals surface area contributed by atoms with E-state index < -0.39 is 17.6 Å². The predicted octanol–water partition coefficient (Wildman–Crippen LogP) is 3.03. The number of rotatable bonds is 0. The molecule has 2 atom stereocenters. The fraction of sp³-hybridized carbons (Fsp3) is 0.500. The van der Waals surface area contributed by atoms with Crippen LogP contribution in [0.1, 0.15) is 30.0 Å². The van der Waals surface area contributed by atoms with Crippen molar-refractivity contribution in [1.82, 2.24) is 5.32 Å². The standard InChI is InChI=1S/C12H11F4NO/c13-8-3-6(12(14,15)16)4-10-11(8)9-5-7(18-10)1-2-17-9/h3-4,7,9,17H,1-2,5H2/t7-,9+/m1/s1. The number of alkyl halides is 3. The fourth-order valence-corrected chi connectivity index (χ4v) is 2.58. The maximum atomic E-state index is 13.8. The van der Waals surface area contributed by atoms with Gasteiger partial charge in [0.05, 0.1) is 5.56 Å². The van der Waals surface area contributed by atoms with Gasteiger partial charge >= 0.3 is 6.18 Å². The molecule has 0 aromatic heterocycles. The maximum Gasteiger partial charge on any atom is 0.416 e. The van der Waals surface area contributed by atoms with Crippen LogP contribution in [0.5, 0.6) is 5.75 Å². The summed E-state index contributed by atoms with van der Waals surface area (Å²) in [5, 5.41) is 3.10. The van der Waals surface area contributed by atoms with Gasteiger partial charge in [0.15, 0.2) is 0 Å². The molecule has 1 aromatic rings. The van der Waals surface area contributed by atoms with Crippen LogP contribution in [-0.4, -0.2) is 12.6 Å². The molecule has 0 saturated carbocycles. The number of piperidine rings is 1. The van der Waals surface area contributed by atoms with Gasteiger partial charge in [-0.05, 0) is 25.1 Å². The number of hydrogen-bond acceptors (Lipinski definition) is 2. The zero-order valence-electron chi connectivity index (χ0n) is 9.35. The molecule has 2 bridgehead atoms. The molecular formula is C12H11F4NO. The van der Waals surface area contributed by atoms with Gasteiger partial charge in [0.25, 0.3) is 0 Å². The molecule has 2 aliphatic rings. The lowest BCUT2D eigenvalue weighted by Crippen LogP contribution is -2.41. The van der Waals surface area contributed by atoms with Crippen LogP contribution in [0.25, 0.3) is 0 Å². The lowest BCUT2D eigenvalue weighted by molar-refractivity contribution is -0.138. The molecule has 0 unspecified atom stereocenters. The van der Waals surface area contributed by atoms with Crippen molar-refractivity contribution in [1.29, 1.82) is 0 Å². The summed E-state index contributed by atoms with van der Waals surface area (Å²) in [6.07, 6.45) is -3.34. The second-order valence-corrected chi connectivity index (χ2v) is 4.64. The van der Waals surface area contributed by atoms with E-state index in [4.69, 9.17) is 4.74 Å². The Kier molecular flexibility index (Phi) is 2.52. The summed E-state index contributed by atoms with van der Waals surface area (Å²) in [5.74, 6) is -0.826. The van der Waals surface area contributed by atoms with Crippen LogP contribution in [0, 0.1) is 5.82 Å². The van der Waals surface area contributed by atoms with E-state index in [9.17, 15) is 17.6 Å². The molecular weight excluding hydrogens is 250 g/mol. The van der Waals surface area contributed by atoms with E-state index >= 15 is 0 Å². The Balaban J connectivity index is 2.09. The highest BCUT2D eigenvalue weighted by atomic mass is 19.4. The monoisotopic (exact) mass is 261 g/mol. The van der Waals surface area contributed by atoms with Gasteiger partial charge in [-0.3, -0.25) is 0 Å². The third-order valence-electron chi connectivity index (χ3n) is 3.42. The van der Waals surface area contributed by atoms with Gasteiger partial charge in [0.2, 0.25) is 0 Å². The summed E-state index contributed by atoms with van der Waals surface area (Å²) < 4.78 is 57.0. The number of nitrogens with one attached hydrogen (secondary N) is 1. The lowest BCUT2D eigenvalue weighted by Gasteiger charge is -2.37. The number of hydrogen-bond donors (Lipinski definition) is 1. The number of benzene rings is 1. The summed E-state index contributed by atoms with van der Waals surface area (Å²) >= 11 is 0. The van der Waals surface area contributed by atoms with E-state index in [0.29, 0.717) is 19.0 Å². The fourth-order valence-electron chi connectivity index (χ4n) is 2.58. The number of halogens is 4. The number of ether oxygens (including phenoxy) is 1. The first-order valence-corrected chi connectivity index (χ1v) is 5.76. The van der Waals surface area contributed by atoms with E-state index in [1.54, 1.807) is 0 Å². The molecule has 1 N–H and O–H groups in total. The highest BCUT2D eigenvalue weighted by molar-refractivity contribution is 5.43. The Labute approximate surface area is 101 Å². The first kappa shape index (κ1) is 11.8. The van der Waals surface area contributed by atoms with Crippen molar-refractivity contribution in [3.05, 3.63) is 29.1 Å². The molecule has 1 fully saturated rings. The SMILES string of the molecule is Fc1cc(C(F)(F)F)cc2c1[C@@H]1C[C@@H](CCN1)O2. The predicted molar refractivity (Wildman–Crippen MR) is 55.8 cm³/mol. The van der Waals surface area contributed by atoms with Gasteiger partial charge < -0.3 is 10.1 Å². The molecule has 2 aliphatic heterocycles. The molecule has 18 heavy (non-hydrogen) atoms. The third kappa shape index (κ3) is 1.84. The minimum absolute atomic E-state index is 0.0239. The van der Waals surface area contributed by atoms with E-state index in [2.05, 4.69) is 5.32 Å². The van der Waals surface area contributed by atoms with Crippen molar-refractivity contribution in [2.75, 3.05) is 6.54 Å². The van der Waals surface area contributed by atoms with Gasteiger partial charge in [-0.15, -0.1) is 0 Å². The molecule has 2 heterocycles. The van der Waals surface area contributed by atoms with Crippen molar-refractivity contribution in [3.8, 4) is 5.75 Å². The largest absolute Gasteiger partial charge is 0.490 e. The molecule has 0 radical (unpaired) electrons. The van der Waals surface area contributed by atoms with Gasteiger partial charge in [-0.1, -0.05) is 0 Å². The first-order valence-electron chi connectivity index (χ1n) is 5.76. The quantitative estimate of drug-likeness (QED) is 0.725. The topological polar surface area (TPSA) is 21.3 Å². The molecule has 98 valence electrons. The molecule has 0 spiro atoms. The van der Waals surface area contributed by atoms with Crippen LogP contribution in [0.4, 0.5) is 17.6 Å². The molecule has 1 saturated heterocycles. The van der Waals surface area contributed by atoms with Gasteiger partial charge in [-0.2, -0.15) is 13.2 Å². The Morgan fingerprint density at radius 1 is 1.28 bits per heavy atom. The zero-order chi connectivity index (χ0) is 12.9. The summed E-state index contributed by atoms with van der Waals surface area (Å²) in [6.45, 7) is 0.690. The normalized spacial score (nSPS) is 26.4. The Bertz CT molecular complexity index is 486. The van der Waals surface area contributed by atoms with Crippen LogP contribution in [0.3, 0.4) is 0 Å². The zero-order valence-corrected chi connectivity index (χ0v) is 9.35. The summed E-state index contributed by atoms with van der Waals surface area (Å²) in [4.78, 5) is 0. The van der Waals surface area contributed by atoms with Crippen molar-refractivity contribution < 1.29 is 22.3 Å². The Morgan fingerprint density at radius 3 is 2.78 bits per heavy atom. The van der Waals surface area contributed by atoms with Gasteiger partial charge in [0, 0.05) is 18.0 Å². The highest BCUT2D eigenvalue weighted by Gasteiger charge is 2.38. The number of fused-ring (bicyclic) bond motifs is 4. The lowest BCUT2D eigenvalue weighted by atomic mass is 9.90. The van der Waals surface area contributed by atoms with Crippen LogP contribution in [0.15, 0.2) is 12.1 Å². The average molecular weight is 261 g/mol. The van der Waals surface area contributed by atoms with E-state index in [0.717, 1.165) is 12.5 Å². The van der Waals surface area contributed by atoms with Gasteiger partial charge in [-0.25, -0.2) is 4.39 Å². The van der Waals surface area contributed by atoms with Crippen molar-refractivity contribution in [2.24, 2.45) is 0 Å². The molecule has 1 aromatic carbocycles. The van der Waals surface area contributed by atoms with Crippen LogP contribution in [-0.2, 0) is 6.18 Å². The van der Waals surface area contributed by atoms with E-state index in [-0.39, 0.29) is 23.5 Å². The van der Waals surface area contributed by atoms with E-state index in [1.165, 1.54) is 0 Å². The van der Waals surface area contributed by atoms with Crippen LogP contribution >= 0.6 is 0 Å². The molecule has 2 nitrogen and oxygen atoms in total. The van der Waals surface area contributed by atoms with Gasteiger partial charge in [0.1, 0.15) is 17.7 Å². The average Bonchev–Trinajstić information content (AvgIpc) is 2.26. The highest BCUT2D eigenvalue weighted by Crippen LogP contribution is 2.42.